The van der Waals surface area contributed by atoms with Crippen LogP contribution in [0.4, 0.5) is 5.69 Å². The Bertz CT molecular complexity index is 636. The summed E-state index contributed by atoms with van der Waals surface area (Å²) in [4.78, 5) is 14.9. The summed E-state index contributed by atoms with van der Waals surface area (Å²) < 4.78 is 5.15. The summed E-state index contributed by atoms with van der Waals surface area (Å²) in [5, 5.41) is 12.3. The predicted molar refractivity (Wildman–Crippen MR) is 80.8 cm³/mol. The van der Waals surface area contributed by atoms with E-state index in [1.165, 1.54) is 6.20 Å². The zero-order chi connectivity index (χ0) is 15.5. The molecule has 2 aromatic rings. The number of aromatic carboxylic acids is 1. The topological polar surface area (TPSA) is 71.5 Å². The molecule has 0 fully saturated rings. The number of nitrogens with zero attached hydrogens (tertiary/aromatic N) is 1. The molecule has 0 saturated carbocycles. The van der Waals surface area contributed by atoms with Gasteiger partial charge in [-0.25, -0.2) is 4.79 Å². The Morgan fingerprint density at radius 2 is 1.90 bits per heavy atom. The third-order valence-electron chi connectivity index (χ3n) is 3.25. The van der Waals surface area contributed by atoms with E-state index in [1.807, 2.05) is 38.1 Å². The number of nitrogens with one attached hydrogen (secondary N) is 1. The molecule has 0 aliphatic heterocycles. The number of ether oxygens (including phenoxy) is 1. The Hall–Kier alpha value is -2.56. The van der Waals surface area contributed by atoms with E-state index >= 15 is 0 Å². The minimum absolute atomic E-state index is 0.158. The lowest BCUT2D eigenvalue weighted by atomic mass is 9.94. The molecule has 0 amide bonds. The molecule has 5 heteroatoms. The van der Waals surface area contributed by atoms with Crippen LogP contribution in [0.1, 0.15) is 29.8 Å². The summed E-state index contributed by atoms with van der Waals surface area (Å²) in [6, 6.07) is 9.30. The van der Waals surface area contributed by atoms with Crippen molar-refractivity contribution in [2.24, 2.45) is 0 Å². The second-order valence-corrected chi connectivity index (χ2v) is 5.25. The number of hydrogen-bond donors (Lipinski definition) is 2. The van der Waals surface area contributed by atoms with Gasteiger partial charge in [-0.3, -0.25) is 4.98 Å². The first kappa shape index (κ1) is 14.8. The maximum atomic E-state index is 11.0. The van der Waals surface area contributed by atoms with Crippen molar-refractivity contribution in [1.82, 2.24) is 4.98 Å². The number of methoxy groups -OCH3 is 1. The Labute approximate surface area is 123 Å². The SMILES string of the molecule is COc1ccc(C(C)(C)Nc2cncc(C(=O)O)c2)cc1. The van der Waals surface area contributed by atoms with Gasteiger partial charge in [0, 0.05) is 6.20 Å². The monoisotopic (exact) mass is 286 g/mol. The molecule has 0 unspecified atom stereocenters. The van der Waals surface area contributed by atoms with E-state index in [4.69, 9.17) is 9.84 Å². The first-order valence-electron chi connectivity index (χ1n) is 6.53. The zero-order valence-corrected chi connectivity index (χ0v) is 12.3. The number of pyridine rings is 1. The number of anilines is 1. The highest BCUT2D eigenvalue weighted by Crippen LogP contribution is 2.27. The van der Waals surface area contributed by atoms with Crippen molar-refractivity contribution in [2.75, 3.05) is 12.4 Å². The molecular formula is C16H18N2O3. The highest BCUT2D eigenvalue weighted by molar-refractivity contribution is 5.88. The first-order valence-corrected chi connectivity index (χ1v) is 6.53. The maximum absolute atomic E-state index is 11.0. The van der Waals surface area contributed by atoms with Gasteiger partial charge in [-0.2, -0.15) is 0 Å². The lowest BCUT2D eigenvalue weighted by Gasteiger charge is -2.28. The highest BCUT2D eigenvalue weighted by Gasteiger charge is 2.20. The van der Waals surface area contributed by atoms with Crippen molar-refractivity contribution in [2.45, 2.75) is 19.4 Å². The Balaban J connectivity index is 2.23. The fourth-order valence-corrected chi connectivity index (χ4v) is 2.07. The van der Waals surface area contributed by atoms with Gasteiger partial charge in [-0.1, -0.05) is 12.1 Å². The number of benzene rings is 1. The van der Waals surface area contributed by atoms with Gasteiger partial charge in [-0.05, 0) is 37.6 Å². The van der Waals surface area contributed by atoms with E-state index in [1.54, 1.807) is 19.4 Å². The fraction of sp³-hybridized carbons (Fsp3) is 0.250. The molecule has 1 aromatic heterocycles. The Morgan fingerprint density at radius 1 is 1.24 bits per heavy atom. The number of carbonyl (C=O) groups is 1. The molecule has 0 aliphatic rings. The third-order valence-corrected chi connectivity index (χ3v) is 3.25. The van der Waals surface area contributed by atoms with E-state index in [0.717, 1.165) is 11.3 Å². The van der Waals surface area contributed by atoms with Gasteiger partial charge < -0.3 is 15.2 Å². The number of aromatic nitrogens is 1. The van der Waals surface area contributed by atoms with E-state index in [-0.39, 0.29) is 11.1 Å². The number of carboxylic acids is 1. The van der Waals surface area contributed by atoms with Crippen LogP contribution in [-0.2, 0) is 5.54 Å². The fourth-order valence-electron chi connectivity index (χ4n) is 2.07. The summed E-state index contributed by atoms with van der Waals surface area (Å²) >= 11 is 0. The molecule has 1 aromatic carbocycles. The van der Waals surface area contributed by atoms with E-state index in [9.17, 15) is 4.79 Å². The van der Waals surface area contributed by atoms with E-state index in [0.29, 0.717) is 5.69 Å². The molecule has 2 N–H and O–H groups in total. The average molecular weight is 286 g/mol. The zero-order valence-electron chi connectivity index (χ0n) is 12.3. The standard InChI is InChI=1S/C16H18N2O3/c1-16(2,12-4-6-14(21-3)7-5-12)18-13-8-11(15(19)20)9-17-10-13/h4-10,18H,1-3H3,(H,19,20). The van der Waals surface area contributed by atoms with Gasteiger partial charge >= 0.3 is 5.97 Å². The van der Waals surface area contributed by atoms with Crippen LogP contribution in [0.25, 0.3) is 0 Å². The summed E-state index contributed by atoms with van der Waals surface area (Å²) in [7, 11) is 1.63. The lowest BCUT2D eigenvalue weighted by molar-refractivity contribution is 0.0696. The predicted octanol–water partition coefficient (Wildman–Crippen LogP) is 3.14. The second kappa shape index (κ2) is 5.83. The molecular weight excluding hydrogens is 268 g/mol. The summed E-state index contributed by atoms with van der Waals surface area (Å²) in [5.74, 6) is -0.197. The molecule has 21 heavy (non-hydrogen) atoms. The molecule has 0 spiro atoms. The number of carboxylic acid groups (broad SMARTS) is 1. The van der Waals surface area contributed by atoms with Crippen molar-refractivity contribution in [3.05, 3.63) is 53.9 Å². The van der Waals surface area contributed by atoms with Gasteiger partial charge in [0.1, 0.15) is 5.75 Å². The molecule has 1 heterocycles. The van der Waals surface area contributed by atoms with E-state index < -0.39 is 5.97 Å². The normalized spacial score (nSPS) is 11.0. The quantitative estimate of drug-likeness (QED) is 0.883. The van der Waals surface area contributed by atoms with Crippen LogP contribution in [0.15, 0.2) is 42.7 Å². The minimum Gasteiger partial charge on any atom is -0.497 e. The summed E-state index contributed by atoms with van der Waals surface area (Å²) in [6.07, 6.45) is 2.94. The van der Waals surface area contributed by atoms with Gasteiger partial charge in [-0.15, -0.1) is 0 Å². The summed E-state index contributed by atoms with van der Waals surface area (Å²) in [5.41, 5.74) is 1.51. The molecule has 0 atom stereocenters. The van der Waals surface area contributed by atoms with Crippen LogP contribution >= 0.6 is 0 Å². The summed E-state index contributed by atoms with van der Waals surface area (Å²) in [6.45, 7) is 4.03. The van der Waals surface area contributed by atoms with Crippen molar-refractivity contribution < 1.29 is 14.6 Å². The molecule has 0 saturated heterocycles. The largest absolute Gasteiger partial charge is 0.497 e. The molecule has 0 aliphatic carbocycles. The van der Waals surface area contributed by atoms with Crippen LogP contribution in [0.3, 0.4) is 0 Å². The van der Waals surface area contributed by atoms with Gasteiger partial charge in [0.25, 0.3) is 0 Å². The van der Waals surface area contributed by atoms with Gasteiger partial charge in [0.15, 0.2) is 0 Å². The molecule has 0 bridgehead atoms. The lowest BCUT2D eigenvalue weighted by Crippen LogP contribution is -2.28. The maximum Gasteiger partial charge on any atom is 0.337 e. The van der Waals surface area contributed by atoms with Crippen LogP contribution in [-0.4, -0.2) is 23.2 Å². The highest BCUT2D eigenvalue weighted by atomic mass is 16.5. The molecule has 2 rings (SSSR count). The van der Waals surface area contributed by atoms with Crippen molar-refractivity contribution in [3.8, 4) is 5.75 Å². The van der Waals surface area contributed by atoms with Gasteiger partial charge in [0.2, 0.25) is 0 Å². The smallest absolute Gasteiger partial charge is 0.337 e. The number of rotatable bonds is 5. The Morgan fingerprint density at radius 3 is 2.48 bits per heavy atom. The van der Waals surface area contributed by atoms with Crippen molar-refractivity contribution in [1.29, 1.82) is 0 Å². The number of hydrogen-bond acceptors (Lipinski definition) is 4. The van der Waals surface area contributed by atoms with Crippen LogP contribution in [0, 0.1) is 0 Å². The van der Waals surface area contributed by atoms with Crippen molar-refractivity contribution in [3.63, 3.8) is 0 Å². The molecule has 0 radical (unpaired) electrons. The second-order valence-electron chi connectivity index (χ2n) is 5.25. The van der Waals surface area contributed by atoms with Crippen LogP contribution in [0.2, 0.25) is 0 Å². The Kier molecular flexibility index (Phi) is 4.12. The molecule has 5 nitrogen and oxygen atoms in total. The third kappa shape index (κ3) is 3.51. The van der Waals surface area contributed by atoms with Gasteiger partial charge in [0.05, 0.1) is 30.1 Å². The van der Waals surface area contributed by atoms with Crippen LogP contribution in [0.5, 0.6) is 5.75 Å². The average Bonchev–Trinajstić information content (AvgIpc) is 2.47. The minimum atomic E-state index is -0.992. The molecule has 110 valence electrons. The first-order chi connectivity index (χ1) is 9.92. The van der Waals surface area contributed by atoms with E-state index in [2.05, 4.69) is 10.3 Å². The van der Waals surface area contributed by atoms with Crippen LogP contribution < -0.4 is 10.1 Å². The van der Waals surface area contributed by atoms with Crippen molar-refractivity contribution >= 4 is 11.7 Å².